The SMILES string of the molecule is c1ccc(C2=c3ccc([nH]3)=C(c3ccccc3)c3ccc([nH]3)C(c3ccsc3-c3cccs3)=c3ccc([nH]3)=C(c3ccccc3)c3ccc2[nH]3)cc1. The minimum absolute atomic E-state index is 1.04. The van der Waals surface area contributed by atoms with Crippen molar-refractivity contribution in [3.05, 3.63) is 235 Å². The van der Waals surface area contributed by atoms with Gasteiger partial charge in [0, 0.05) is 76.9 Å². The monoisotopic (exact) mass is 704 g/mol. The van der Waals surface area contributed by atoms with Crippen LogP contribution >= 0.6 is 22.7 Å². The Morgan fingerprint density at radius 3 is 1.15 bits per heavy atom. The van der Waals surface area contributed by atoms with E-state index < -0.39 is 0 Å². The maximum Gasteiger partial charge on any atom is 0.0522 e. The maximum atomic E-state index is 3.91. The zero-order valence-electron chi connectivity index (χ0n) is 28.0. The van der Waals surface area contributed by atoms with E-state index in [0.717, 1.165) is 83.2 Å². The number of hydrogen-bond donors (Lipinski definition) is 4. The van der Waals surface area contributed by atoms with E-state index in [9.17, 15) is 0 Å². The molecule has 0 unspecified atom stereocenters. The molecule has 9 aromatic rings. The van der Waals surface area contributed by atoms with Crippen LogP contribution in [0.25, 0.3) is 32.0 Å². The highest BCUT2D eigenvalue weighted by Crippen LogP contribution is 2.38. The highest BCUT2D eigenvalue weighted by atomic mass is 32.1. The van der Waals surface area contributed by atoms with E-state index in [0.29, 0.717) is 0 Å². The highest BCUT2D eigenvalue weighted by molar-refractivity contribution is 7.20. The number of benzene rings is 3. The van der Waals surface area contributed by atoms with Crippen molar-refractivity contribution in [1.82, 2.24) is 19.9 Å². The maximum absolute atomic E-state index is 3.91. The number of nitrogens with one attached hydrogen (secondary N) is 4. The number of fused-ring (bicyclic) bond motifs is 8. The van der Waals surface area contributed by atoms with Crippen molar-refractivity contribution >= 4 is 45.0 Å². The zero-order chi connectivity index (χ0) is 34.4. The van der Waals surface area contributed by atoms with E-state index in [4.69, 9.17) is 0 Å². The van der Waals surface area contributed by atoms with Crippen LogP contribution in [0.4, 0.5) is 0 Å². The average molecular weight is 705 g/mol. The van der Waals surface area contributed by atoms with Crippen LogP contribution in [0.2, 0.25) is 0 Å². The van der Waals surface area contributed by atoms with Crippen molar-refractivity contribution in [2.45, 2.75) is 0 Å². The number of thiophene rings is 2. The second-order valence-corrected chi connectivity index (χ2v) is 14.7. The van der Waals surface area contributed by atoms with Gasteiger partial charge in [0.25, 0.3) is 0 Å². The number of rotatable bonds is 5. The molecule has 0 amide bonds. The molecular weight excluding hydrogens is 673 g/mol. The van der Waals surface area contributed by atoms with Gasteiger partial charge in [-0.25, -0.2) is 0 Å². The Balaban J connectivity index is 1.35. The van der Waals surface area contributed by atoms with E-state index in [1.165, 1.54) is 15.3 Å². The van der Waals surface area contributed by atoms with Crippen LogP contribution in [0.15, 0.2) is 168 Å². The molecule has 0 saturated heterocycles. The Labute approximate surface area is 308 Å². The van der Waals surface area contributed by atoms with E-state index in [-0.39, 0.29) is 0 Å². The fraction of sp³-hybridized carbons (Fsp3) is 0. The Morgan fingerprint density at radius 2 is 0.731 bits per heavy atom. The third-order valence-corrected chi connectivity index (χ3v) is 11.7. The van der Waals surface area contributed by atoms with E-state index in [2.05, 4.69) is 188 Å². The first-order valence-electron chi connectivity index (χ1n) is 17.3. The van der Waals surface area contributed by atoms with Crippen LogP contribution < -0.4 is 21.4 Å². The van der Waals surface area contributed by atoms with Crippen LogP contribution in [0, 0.1) is 0 Å². The number of H-pyrrole nitrogens is 4. The molecule has 0 aliphatic carbocycles. The van der Waals surface area contributed by atoms with E-state index in [1.54, 1.807) is 22.7 Å². The van der Waals surface area contributed by atoms with Gasteiger partial charge in [-0.05, 0) is 88.1 Å². The van der Waals surface area contributed by atoms with Gasteiger partial charge in [0.1, 0.15) is 0 Å². The lowest BCUT2D eigenvalue weighted by atomic mass is 10.0. The molecule has 0 saturated carbocycles. The summed E-state index contributed by atoms with van der Waals surface area (Å²) in [5, 5.41) is 8.52. The normalized spacial score (nSPS) is 12.8. The fourth-order valence-electron chi connectivity index (χ4n) is 7.47. The molecule has 0 radical (unpaired) electrons. The van der Waals surface area contributed by atoms with E-state index >= 15 is 0 Å². The van der Waals surface area contributed by atoms with Gasteiger partial charge in [-0.3, -0.25) is 0 Å². The lowest BCUT2D eigenvalue weighted by Gasteiger charge is -2.10. The van der Waals surface area contributed by atoms with Crippen LogP contribution in [0.5, 0.6) is 0 Å². The van der Waals surface area contributed by atoms with Gasteiger partial charge in [-0.2, -0.15) is 0 Å². The summed E-state index contributed by atoms with van der Waals surface area (Å²) in [6, 6.07) is 56.3. The predicted octanol–water partition coefficient (Wildman–Crippen LogP) is 8.09. The van der Waals surface area contributed by atoms with Crippen molar-refractivity contribution in [2.75, 3.05) is 0 Å². The van der Waals surface area contributed by atoms with Crippen LogP contribution in [-0.4, -0.2) is 19.9 Å². The smallest absolute Gasteiger partial charge is 0.0522 e. The molecule has 52 heavy (non-hydrogen) atoms. The minimum Gasteiger partial charge on any atom is -0.354 e. The molecule has 10 rings (SSSR count). The summed E-state index contributed by atoms with van der Waals surface area (Å²) in [6.45, 7) is 0. The molecule has 6 heteroatoms. The molecule has 7 heterocycles. The summed E-state index contributed by atoms with van der Waals surface area (Å²) in [4.78, 5) is 18.1. The molecule has 1 aliphatic rings. The Morgan fingerprint density at radius 1 is 0.308 bits per heavy atom. The molecule has 4 N–H and O–H groups in total. The molecule has 4 nitrogen and oxygen atoms in total. The lowest BCUT2D eigenvalue weighted by molar-refractivity contribution is 1.19. The molecule has 0 spiro atoms. The van der Waals surface area contributed by atoms with Crippen LogP contribution in [0.3, 0.4) is 0 Å². The third-order valence-electron chi connectivity index (χ3n) is 9.77. The first kappa shape index (κ1) is 30.5. The topological polar surface area (TPSA) is 63.2 Å². The average Bonchev–Trinajstić information content (AvgIpc) is 4.04. The predicted molar refractivity (Wildman–Crippen MR) is 215 cm³/mol. The molecule has 8 bridgehead atoms. The van der Waals surface area contributed by atoms with Gasteiger partial charge < -0.3 is 19.9 Å². The Bertz CT molecular complexity index is 2930. The second kappa shape index (κ2) is 12.8. The third kappa shape index (κ3) is 5.28. The van der Waals surface area contributed by atoms with Crippen molar-refractivity contribution < 1.29 is 0 Å². The molecule has 0 atom stereocenters. The summed E-state index contributed by atoms with van der Waals surface area (Å²) in [7, 11) is 0. The summed E-state index contributed by atoms with van der Waals surface area (Å²) in [5.41, 5.74) is 13.2. The van der Waals surface area contributed by atoms with Gasteiger partial charge in [0.15, 0.2) is 0 Å². The van der Waals surface area contributed by atoms with Gasteiger partial charge in [0.05, 0.1) is 4.88 Å². The van der Waals surface area contributed by atoms with Gasteiger partial charge >= 0.3 is 0 Å². The largest absolute Gasteiger partial charge is 0.354 e. The standard InChI is InChI=1S/C46H32N4S2/c1-4-11-29(12-5-1)42-33-18-20-35(47-33)43(30-13-6-2-7-14-30)37-22-24-39(49-37)45(32-26-28-52-46(32)41-17-10-27-51-41)40-25-23-38(50-40)44(31-15-8-3-9-16-31)36-21-19-34(42)48-36/h1-28,47-50H. The summed E-state index contributed by atoms with van der Waals surface area (Å²) < 4.78 is 0. The molecule has 6 aromatic heterocycles. The van der Waals surface area contributed by atoms with Crippen molar-refractivity contribution in [1.29, 1.82) is 0 Å². The van der Waals surface area contributed by atoms with Crippen molar-refractivity contribution in [2.24, 2.45) is 0 Å². The summed E-state index contributed by atoms with van der Waals surface area (Å²) in [6.07, 6.45) is 0. The van der Waals surface area contributed by atoms with Gasteiger partial charge in [0.2, 0.25) is 0 Å². The van der Waals surface area contributed by atoms with Gasteiger partial charge in [-0.1, -0.05) is 97.1 Å². The van der Waals surface area contributed by atoms with Crippen molar-refractivity contribution in [3.8, 4) is 9.75 Å². The first-order valence-corrected chi connectivity index (χ1v) is 19.1. The number of aromatic amines is 4. The molecule has 3 aromatic carbocycles. The second-order valence-electron chi connectivity index (χ2n) is 12.9. The fourth-order valence-corrected chi connectivity index (χ4v) is 9.26. The molecule has 1 aliphatic heterocycles. The molecule has 0 fully saturated rings. The Kier molecular flexibility index (Phi) is 7.48. The van der Waals surface area contributed by atoms with Gasteiger partial charge in [-0.15, -0.1) is 22.7 Å². The van der Waals surface area contributed by atoms with Crippen LogP contribution in [0.1, 0.15) is 45.0 Å². The minimum atomic E-state index is 1.04. The highest BCUT2D eigenvalue weighted by Gasteiger charge is 2.20. The quantitative estimate of drug-likeness (QED) is 0.140. The molecule has 248 valence electrons. The Hall–Kier alpha value is -6.34. The number of aromatic nitrogens is 4. The van der Waals surface area contributed by atoms with E-state index in [1.807, 2.05) is 0 Å². The summed E-state index contributed by atoms with van der Waals surface area (Å²) >= 11 is 3.56. The summed E-state index contributed by atoms with van der Waals surface area (Å²) in [5.74, 6) is 0. The van der Waals surface area contributed by atoms with Crippen LogP contribution in [-0.2, 0) is 0 Å². The lowest BCUT2D eigenvalue weighted by Crippen LogP contribution is -2.19. The molecular formula is C46H32N4S2. The first-order chi connectivity index (χ1) is 25.8. The van der Waals surface area contributed by atoms with Crippen molar-refractivity contribution in [3.63, 3.8) is 0 Å². The number of hydrogen-bond acceptors (Lipinski definition) is 2. The zero-order valence-corrected chi connectivity index (χ0v) is 29.6.